The van der Waals surface area contributed by atoms with Gasteiger partial charge in [-0.15, -0.1) is 0 Å². The van der Waals surface area contributed by atoms with Crippen LogP contribution in [0.3, 0.4) is 0 Å². The molecule has 55 heavy (non-hydrogen) atoms. The van der Waals surface area contributed by atoms with Gasteiger partial charge in [-0.25, -0.2) is 14.6 Å². The number of phenols is 1. The maximum absolute atomic E-state index is 13.2. The van der Waals surface area contributed by atoms with Crippen LogP contribution in [-0.4, -0.2) is 63.0 Å². The Labute approximate surface area is 317 Å². The number of piperidine rings is 1. The van der Waals surface area contributed by atoms with Gasteiger partial charge in [0.1, 0.15) is 13.2 Å². The lowest BCUT2D eigenvalue weighted by Gasteiger charge is -2.62. The van der Waals surface area contributed by atoms with Crippen LogP contribution in [0.25, 0.3) is 10.9 Å². The number of aromatic amines is 1. The fourth-order valence-electron chi connectivity index (χ4n) is 9.61. The third kappa shape index (κ3) is 5.61. The van der Waals surface area contributed by atoms with Crippen LogP contribution in [0.4, 0.5) is 15.3 Å². The number of likely N-dealkylation sites (tertiary alicyclic amines) is 1. The maximum Gasteiger partial charge on any atom is 0.414 e. The van der Waals surface area contributed by atoms with Gasteiger partial charge in [0.05, 0.1) is 22.4 Å². The Bertz CT molecular complexity index is 2300. The molecule has 5 aromatic rings. The van der Waals surface area contributed by atoms with Crippen molar-refractivity contribution in [3.05, 3.63) is 125 Å². The van der Waals surface area contributed by atoms with Crippen molar-refractivity contribution in [2.45, 2.75) is 68.5 Å². The van der Waals surface area contributed by atoms with Crippen molar-refractivity contribution in [1.82, 2.24) is 20.5 Å². The highest BCUT2D eigenvalue weighted by atomic mass is 16.6. The number of aliphatic imine (C=N–C) groups is 1. The van der Waals surface area contributed by atoms with E-state index < -0.39 is 29.3 Å². The molecule has 4 aromatic carbocycles. The van der Waals surface area contributed by atoms with E-state index in [0.717, 1.165) is 57.5 Å². The second-order valence-electron chi connectivity index (χ2n) is 15.5. The molecule has 4 atom stereocenters. The first-order chi connectivity index (χ1) is 26.8. The van der Waals surface area contributed by atoms with Crippen LogP contribution in [0.5, 0.6) is 11.5 Å². The molecule has 12 nitrogen and oxygen atoms in total. The number of carbonyl (C=O) groups is 2. The van der Waals surface area contributed by atoms with Crippen molar-refractivity contribution in [2.75, 3.05) is 13.1 Å². The topological polar surface area (TPSA) is 158 Å². The minimum atomic E-state index is -1.16. The van der Waals surface area contributed by atoms with Gasteiger partial charge < -0.3 is 29.4 Å². The first-order valence-electron chi connectivity index (χ1n) is 19.0. The molecule has 280 valence electrons. The Morgan fingerprint density at radius 1 is 0.927 bits per heavy atom. The summed E-state index contributed by atoms with van der Waals surface area (Å²) in [6.07, 6.45) is 2.10. The molecule has 1 saturated carbocycles. The fraction of sp³-hybridized carbons (Fsp3) is 0.326. The number of hydrogen-bond donors (Lipinski definition) is 5. The van der Waals surface area contributed by atoms with E-state index in [-0.39, 0.29) is 31.0 Å². The van der Waals surface area contributed by atoms with Gasteiger partial charge in [-0.05, 0) is 84.7 Å². The summed E-state index contributed by atoms with van der Waals surface area (Å²) in [4.78, 5) is 36.8. The molecule has 1 saturated heterocycles. The summed E-state index contributed by atoms with van der Waals surface area (Å²) >= 11 is 0. The number of ether oxygens (including phenoxy) is 3. The molecule has 1 spiro atoms. The SMILES string of the molecule is O=C(NC(=Nc1ccc2[nH]c3c(c2c1)C[C@@]1(O)[C@H]2Cc4ccc(O)c5c4[C@@]1(CCN2CC1CC1)[C@H]3O5)NC(=O)OCc1ccccc1)OCc1ccccc1. The molecule has 5 aliphatic rings. The number of nitrogens with zero attached hydrogens (tertiary/aromatic N) is 2. The van der Waals surface area contributed by atoms with E-state index in [9.17, 15) is 19.8 Å². The molecule has 2 fully saturated rings. The Morgan fingerprint density at radius 3 is 2.29 bits per heavy atom. The number of fused-ring (bicyclic) bond motifs is 4. The van der Waals surface area contributed by atoms with Crippen LogP contribution in [0.1, 0.15) is 58.9 Å². The molecular weight excluding hydrogens is 699 g/mol. The average Bonchev–Trinajstić information content (AvgIpc) is 3.84. The van der Waals surface area contributed by atoms with Crippen LogP contribution in [0.15, 0.2) is 96.0 Å². The van der Waals surface area contributed by atoms with E-state index in [0.29, 0.717) is 36.6 Å². The summed E-state index contributed by atoms with van der Waals surface area (Å²) in [6, 6.07) is 27.7. The number of nitrogens with one attached hydrogen (secondary N) is 3. The quantitative estimate of drug-likeness (QED) is 0.0947. The summed E-state index contributed by atoms with van der Waals surface area (Å²) in [5.41, 5.74) is 4.91. The zero-order chi connectivity index (χ0) is 37.3. The maximum atomic E-state index is 13.2. The number of phenolic OH excluding ortho intramolecular Hbond substituents is 1. The van der Waals surface area contributed by atoms with Gasteiger partial charge >= 0.3 is 12.2 Å². The van der Waals surface area contributed by atoms with Gasteiger partial charge in [-0.2, -0.15) is 0 Å². The van der Waals surface area contributed by atoms with Crippen molar-refractivity contribution < 1.29 is 34.0 Å². The van der Waals surface area contributed by atoms with Crippen LogP contribution in [0.2, 0.25) is 0 Å². The number of amides is 2. The number of benzene rings is 4. The molecule has 3 heterocycles. The third-order valence-electron chi connectivity index (χ3n) is 12.3. The average molecular weight is 740 g/mol. The zero-order valence-electron chi connectivity index (χ0n) is 30.1. The van der Waals surface area contributed by atoms with Crippen molar-refractivity contribution >= 4 is 34.7 Å². The number of aromatic nitrogens is 1. The Morgan fingerprint density at radius 2 is 1.62 bits per heavy atom. The normalized spacial score (nSPS) is 24.2. The molecule has 5 N–H and O–H groups in total. The second-order valence-corrected chi connectivity index (χ2v) is 15.5. The number of aromatic hydroxyl groups is 1. The third-order valence-corrected chi connectivity index (χ3v) is 12.3. The van der Waals surface area contributed by atoms with Gasteiger partial charge in [-0.1, -0.05) is 66.7 Å². The van der Waals surface area contributed by atoms with Crippen LogP contribution >= 0.6 is 0 Å². The first kappa shape index (κ1) is 33.7. The molecule has 2 amide bonds. The zero-order valence-corrected chi connectivity index (χ0v) is 30.1. The number of hydrogen-bond acceptors (Lipinski definition) is 9. The van der Waals surface area contributed by atoms with Crippen molar-refractivity contribution in [3.8, 4) is 11.5 Å². The monoisotopic (exact) mass is 739 g/mol. The molecule has 0 radical (unpaired) electrons. The predicted octanol–water partition coefficient (Wildman–Crippen LogP) is 6.41. The Kier molecular flexibility index (Phi) is 7.89. The van der Waals surface area contributed by atoms with Gasteiger partial charge in [0, 0.05) is 35.5 Å². The number of aliphatic hydroxyl groups is 1. The van der Waals surface area contributed by atoms with Gasteiger partial charge in [-0.3, -0.25) is 15.5 Å². The van der Waals surface area contributed by atoms with Crippen molar-refractivity contribution in [3.63, 3.8) is 0 Å². The number of H-pyrrole nitrogens is 1. The van der Waals surface area contributed by atoms with Gasteiger partial charge in [0.2, 0.25) is 5.96 Å². The van der Waals surface area contributed by atoms with E-state index in [1.165, 1.54) is 12.8 Å². The molecule has 3 aliphatic carbocycles. The van der Waals surface area contributed by atoms with Gasteiger partial charge in [0.25, 0.3) is 0 Å². The Hall–Kier alpha value is -5.85. The lowest BCUT2D eigenvalue weighted by molar-refractivity contribution is -0.173. The van der Waals surface area contributed by atoms with E-state index >= 15 is 0 Å². The number of rotatable bonds is 7. The van der Waals surface area contributed by atoms with Crippen LogP contribution in [0, 0.1) is 5.92 Å². The van der Waals surface area contributed by atoms with Gasteiger partial charge in [0.15, 0.2) is 17.6 Å². The second kappa shape index (κ2) is 12.9. The standard InChI is InChI=1S/C43H41N5O7/c49-33-16-13-28-19-34-43(52)21-31-30-20-29(14-15-32(30)45-36(31)38-42(43,35(28)37(33)55-38)17-18-48(34)22-25-11-12-25)44-39(46-40(50)53-23-26-7-3-1-4-8-26)47-41(51)54-24-27-9-5-2-6-10-27/h1-10,13-16,20,25,34,38,45,49,52H,11-12,17-19,21-24H2,(H2,44,46,47,50,51)/t34-,38+,42+,43-/m1/s1. The van der Waals surface area contributed by atoms with E-state index in [2.05, 4.69) is 25.5 Å². The summed E-state index contributed by atoms with van der Waals surface area (Å²) in [5, 5.41) is 30.3. The smallest absolute Gasteiger partial charge is 0.414 e. The minimum Gasteiger partial charge on any atom is -0.504 e. The molecule has 1 aromatic heterocycles. The fourth-order valence-corrected chi connectivity index (χ4v) is 9.61. The predicted molar refractivity (Wildman–Crippen MR) is 203 cm³/mol. The summed E-state index contributed by atoms with van der Waals surface area (Å²) < 4.78 is 17.6. The van der Waals surface area contributed by atoms with Crippen LogP contribution < -0.4 is 15.4 Å². The highest BCUT2D eigenvalue weighted by molar-refractivity contribution is 6.02. The highest BCUT2D eigenvalue weighted by Crippen LogP contribution is 2.69. The molecule has 2 aliphatic heterocycles. The molecule has 2 bridgehead atoms. The molecular formula is C43H41N5O7. The molecule has 10 rings (SSSR count). The largest absolute Gasteiger partial charge is 0.504 e. The summed E-state index contributed by atoms with van der Waals surface area (Å²) in [5.74, 6) is 1.06. The number of carbonyl (C=O) groups excluding carboxylic acids is 2. The lowest BCUT2D eigenvalue weighted by Crippen LogP contribution is -2.74. The Balaban J connectivity index is 0.994. The number of alkyl carbamates (subject to hydrolysis) is 2. The summed E-state index contributed by atoms with van der Waals surface area (Å²) in [6.45, 7) is 1.88. The highest BCUT2D eigenvalue weighted by Gasteiger charge is 2.72. The minimum absolute atomic E-state index is 0.0235. The molecule has 0 unspecified atom stereocenters. The van der Waals surface area contributed by atoms with E-state index in [4.69, 9.17) is 14.2 Å². The first-order valence-corrected chi connectivity index (χ1v) is 19.0. The molecule has 12 heteroatoms. The summed E-state index contributed by atoms with van der Waals surface area (Å²) in [7, 11) is 0. The van der Waals surface area contributed by atoms with Crippen LogP contribution in [-0.2, 0) is 40.9 Å². The number of guanidine groups is 1. The van der Waals surface area contributed by atoms with Crippen molar-refractivity contribution in [1.29, 1.82) is 0 Å². The van der Waals surface area contributed by atoms with E-state index in [1.54, 1.807) is 12.1 Å². The lowest BCUT2D eigenvalue weighted by atomic mass is 9.49. The van der Waals surface area contributed by atoms with E-state index in [1.807, 2.05) is 78.9 Å². The van der Waals surface area contributed by atoms with Crippen molar-refractivity contribution in [2.24, 2.45) is 10.9 Å².